The number of rotatable bonds is 6. The van der Waals surface area contributed by atoms with E-state index in [4.69, 9.17) is 28.9 Å². The quantitative estimate of drug-likeness (QED) is 0.507. The Labute approximate surface area is 202 Å². The predicted octanol–water partition coefficient (Wildman–Crippen LogP) is 4.52. The molecule has 0 bridgehead atoms. The van der Waals surface area contributed by atoms with Gasteiger partial charge in [0.05, 0.1) is 12.0 Å². The van der Waals surface area contributed by atoms with Crippen molar-refractivity contribution in [3.05, 3.63) is 34.7 Å². The van der Waals surface area contributed by atoms with Crippen LogP contribution in [-0.2, 0) is 16.0 Å². The molecule has 0 saturated carbocycles. The number of carbonyl (C=O) groups excluding carboxylic acids is 1. The zero-order valence-electron chi connectivity index (χ0n) is 19.3. The van der Waals surface area contributed by atoms with Crippen LogP contribution in [0.1, 0.15) is 30.9 Å². The fourth-order valence-electron chi connectivity index (χ4n) is 4.19. The monoisotopic (exact) mass is 484 g/mol. The van der Waals surface area contributed by atoms with E-state index in [1.54, 1.807) is 18.3 Å². The average Bonchev–Trinajstić information content (AvgIpc) is 3.23. The third-order valence-electron chi connectivity index (χ3n) is 5.92. The second kappa shape index (κ2) is 9.92. The maximum atomic E-state index is 11.6. The Kier molecular flexibility index (Phi) is 6.57. The highest BCUT2D eigenvalue weighted by molar-refractivity contribution is 7.17. The second-order valence-electron chi connectivity index (χ2n) is 8.29. The summed E-state index contributed by atoms with van der Waals surface area (Å²) in [5, 5.41) is 6.67. The minimum Gasteiger partial charge on any atom is -0.486 e. The molecule has 0 atom stereocenters. The van der Waals surface area contributed by atoms with E-state index in [-0.39, 0.29) is 6.10 Å². The fraction of sp³-hybridized carbons (Fsp3) is 0.458. The molecule has 5 rings (SSSR count). The maximum absolute atomic E-state index is 11.6. The van der Waals surface area contributed by atoms with Crippen LogP contribution in [0.25, 0.3) is 10.2 Å². The van der Waals surface area contributed by atoms with Gasteiger partial charge in [-0.15, -0.1) is 11.3 Å². The maximum Gasteiger partial charge on any atom is 0.508 e. The summed E-state index contributed by atoms with van der Waals surface area (Å²) in [5.41, 5.74) is 2.24. The smallest absolute Gasteiger partial charge is 0.486 e. The van der Waals surface area contributed by atoms with Gasteiger partial charge in [0, 0.05) is 32.5 Å². The van der Waals surface area contributed by atoms with Gasteiger partial charge in [0.2, 0.25) is 5.95 Å². The molecule has 34 heavy (non-hydrogen) atoms. The first-order chi connectivity index (χ1) is 16.6. The van der Waals surface area contributed by atoms with Crippen molar-refractivity contribution < 1.29 is 23.7 Å². The SMILES string of the molecule is CCOC(=O)OC1CCN(c2nc(NCc3ccc4c(c3)OCCO4)c3c(C)csc3n2)CC1. The highest BCUT2D eigenvalue weighted by atomic mass is 32.1. The molecule has 1 saturated heterocycles. The Balaban J connectivity index is 1.31. The summed E-state index contributed by atoms with van der Waals surface area (Å²) in [4.78, 5) is 24.5. The molecule has 0 unspecified atom stereocenters. The zero-order valence-corrected chi connectivity index (χ0v) is 20.2. The Hall–Kier alpha value is -3.27. The van der Waals surface area contributed by atoms with E-state index >= 15 is 0 Å². The Morgan fingerprint density at radius 2 is 2.00 bits per heavy atom. The van der Waals surface area contributed by atoms with E-state index in [0.29, 0.717) is 58.2 Å². The summed E-state index contributed by atoms with van der Waals surface area (Å²) in [6.45, 7) is 7.33. The molecule has 1 N–H and O–H groups in total. The lowest BCUT2D eigenvalue weighted by Crippen LogP contribution is -2.39. The normalized spacial score (nSPS) is 15.9. The van der Waals surface area contributed by atoms with Crippen LogP contribution >= 0.6 is 11.3 Å². The summed E-state index contributed by atoms with van der Waals surface area (Å²) in [5.74, 6) is 3.07. The molecule has 0 radical (unpaired) electrons. The highest BCUT2D eigenvalue weighted by Crippen LogP contribution is 2.34. The van der Waals surface area contributed by atoms with Crippen molar-refractivity contribution in [2.24, 2.45) is 0 Å². The summed E-state index contributed by atoms with van der Waals surface area (Å²) in [6.07, 6.45) is 0.682. The van der Waals surface area contributed by atoms with Gasteiger partial charge >= 0.3 is 6.16 Å². The summed E-state index contributed by atoms with van der Waals surface area (Å²) >= 11 is 1.62. The topological polar surface area (TPSA) is 95.0 Å². The lowest BCUT2D eigenvalue weighted by Gasteiger charge is -2.31. The summed E-state index contributed by atoms with van der Waals surface area (Å²) in [6, 6.07) is 6.00. The Morgan fingerprint density at radius 3 is 2.79 bits per heavy atom. The first-order valence-corrected chi connectivity index (χ1v) is 12.4. The number of thiophene rings is 1. The molecule has 0 amide bonds. The van der Waals surface area contributed by atoms with Crippen molar-refractivity contribution in [1.82, 2.24) is 9.97 Å². The van der Waals surface area contributed by atoms with E-state index in [1.807, 2.05) is 18.2 Å². The van der Waals surface area contributed by atoms with Crippen LogP contribution in [0, 0.1) is 6.92 Å². The Bertz CT molecular complexity index is 1180. The van der Waals surface area contributed by atoms with Gasteiger partial charge in [-0.25, -0.2) is 9.78 Å². The van der Waals surface area contributed by atoms with Gasteiger partial charge in [-0.3, -0.25) is 0 Å². The number of anilines is 2. The Morgan fingerprint density at radius 1 is 1.21 bits per heavy atom. The molecule has 1 fully saturated rings. The zero-order chi connectivity index (χ0) is 23.5. The third kappa shape index (κ3) is 4.82. The molecule has 2 aliphatic rings. The molecule has 3 aromatic rings. The van der Waals surface area contributed by atoms with Crippen molar-refractivity contribution in [3.8, 4) is 11.5 Å². The molecule has 1 aromatic carbocycles. The van der Waals surface area contributed by atoms with Gasteiger partial charge in [0.1, 0.15) is 30.0 Å². The molecule has 4 heterocycles. The van der Waals surface area contributed by atoms with Crippen LogP contribution in [0.3, 0.4) is 0 Å². The minimum atomic E-state index is -0.599. The molecule has 9 nitrogen and oxygen atoms in total. The van der Waals surface area contributed by atoms with E-state index in [2.05, 4.69) is 22.5 Å². The van der Waals surface area contributed by atoms with Gasteiger partial charge in [-0.1, -0.05) is 6.07 Å². The second-order valence-corrected chi connectivity index (χ2v) is 9.15. The van der Waals surface area contributed by atoms with Crippen LogP contribution < -0.4 is 19.7 Å². The van der Waals surface area contributed by atoms with Crippen molar-refractivity contribution in [1.29, 1.82) is 0 Å². The van der Waals surface area contributed by atoms with Crippen LogP contribution in [0.5, 0.6) is 11.5 Å². The summed E-state index contributed by atoms with van der Waals surface area (Å²) < 4.78 is 21.6. The number of carbonyl (C=O) groups is 1. The van der Waals surface area contributed by atoms with Crippen molar-refractivity contribution in [2.75, 3.05) is 43.1 Å². The van der Waals surface area contributed by atoms with Gasteiger partial charge in [0.25, 0.3) is 0 Å². The first kappa shape index (κ1) is 22.5. The molecule has 0 spiro atoms. The molecular formula is C24H28N4O5S. The summed E-state index contributed by atoms with van der Waals surface area (Å²) in [7, 11) is 0. The van der Waals surface area contributed by atoms with E-state index < -0.39 is 6.16 Å². The number of benzene rings is 1. The van der Waals surface area contributed by atoms with Crippen molar-refractivity contribution in [2.45, 2.75) is 39.3 Å². The molecular weight excluding hydrogens is 456 g/mol. The number of nitrogens with zero attached hydrogens (tertiary/aromatic N) is 3. The predicted molar refractivity (Wildman–Crippen MR) is 130 cm³/mol. The van der Waals surface area contributed by atoms with Crippen LogP contribution in [0.2, 0.25) is 0 Å². The van der Waals surface area contributed by atoms with Crippen molar-refractivity contribution in [3.63, 3.8) is 0 Å². The fourth-order valence-corrected chi connectivity index (χ4v) is 5.10. The average molecular weight is 485 g/mol. The minimum absolute atomic E-state index is 0.143. The lowest BCUT2D eigenvalue weighted by molar-refractivity contribution is 0.0183. The highest BCUT2D eigenvalue weighted by Gasteiger charge is 2.25. The number of aryl methyl sites for hydroxylation is 1. The number of nitrogens with one attached hydrogen (secondary N) is 1. The largest absolute Gasteiger partial charge is 0.508 e. The molecule has 2 aliphatic heterocycles. The number of aromatic nitrogens is 2. The van der Waals surface area contributed by atoms with Crippen LogP contribution in [-0.4, -0.2) is 55.1 Å². The van der Waals surface area contributed by atoms with Crippen LogP contribution in [0.4, 0.5) is 16.6 Å². The van der Waals surface area contributed by atoms with E-state index in [1.165, 1.54) is 0 Å². The lowest BCUT2D eigenvalue weighted by atomic mass is 10.1. The van der Waals surface area contributed by atoms with Crippen molar-refractivity contribution >= 4 is 39.5 Å². The van der Waals surface area contributed by atoms with E-state index in [0.717, 1.165) is 38.7 Å². The van der Waals surface area contributed by atoms with Gasteiger partial charge in [-0.05, 0) is 42.5 Å². The number of ether oxygens (including phenoxy) is 4. The molecule has 180 valence electrons. The standard InChI is InChI=1S/C24H28N4O5S/c1-3-30-24(29)33-17-6-8-28(9-7-17)23-26-21(20-15(2)14-34-22(20)27-23)25-13-16-4-5-18-19(12-16)32-11-10-31-18/h4-5,12,14,17H,3,6-11,13H2,1-2H3,(H,25,26,27). The van der Waals surface area contributed by atoms with Crippen LogP contribution in [0.15, 0.2) is 23.6 Å². The number of fused-ring (bicyclic) bond motifs is 2. The first-order valence-electron chi connectivity index (χ1n) is 11.6. The van der Waals surface area contributed by atoms with Gasteiger partial charge in [0.15, 0.2) is 11.5 Å². The van der Waals surface area contributed by atoms with E-state index in [9.17, 15) is 4.79 Å². The van der Waals surface area contributed by atoms with Gasteiger partial charge in [-0.2, -0.15) is 4.98 Å². The number of hydrogen-bond acceptors (Lipinski definition) is 10. The molecule has 0 aliphatic carbocycles. The molecule has 2 aromatic heterocycles. The number of hydrogen-bond donors (Lipinski definition) is 1. The van der Waals surface area contributed by atoms with Gasteiger partial charge < -0.3 is 29.2 Å². The third-order valence-corrected chi connectivity index (χ3v) is 6.91. The molecule has 10 heteroatoms. The number of piperidine rings is 1.